The van der Waals surface area contributed by atoms with Crippen molar-refractivity contribution >= 4 is 63.2 Å². The minimum atomic E-state index is -0.872. The monoisotopic (exact) mass is 519 g/mol. The van der Waals surface area contributed by atoms with Crippen LogP contribution in [0.15, 0.2) is 97.1 Å². The lowest BCUT2D eigenvalue weighted by molar-refractivity contribution is -0.126. The molecule has 4 aromatic carbocycles. The number of halogens is 1. The zero-order chi connectivity index (χ0) is 26.0. The first-order valence-electron chi connectivity index (χ1n) is 12.5. The van der Waals surface area contributed by atoms with Crippen LogP contribution < -0.4 is 15.1 Å². The second kappa shape index (κ2) is 8.57. The fourth-order valence-electron chi connectivity index (χ4n) is 6.20. The van der Waals surface area contributed by atoms with E-state index in [0.29, 0.717) is 16.4 Å². The Kier molecular flexibility index (Phi) is 5.13. The highest BCUT2D eigenvalue weighted by Gasteiger charge is 2.64. The van der Waals surface area contributed by atoms with Crippen molar-refractivity contribution in [2.24, 2.45) is 11.8 Å². The van der Waals surface area contributed by atoms with Gasteiger partial charge in [-0.1, -0.05) is 78.4 Å². The summed E-state index contributed by atoms with van der Waals surface area (Å²) in [6.45, 7) is 0. The highest BCUT2D eigenvalue weighted by Crippen LogP contribution is 2.50. The van der Waals surface area contributed by atoms with Crippen LogP contribution >= 0.6 is 11.6 Å². The van der Waals surface area contributed by atoms with Crippen molar-refractivity contribution in [3.8, 4) is 0 Å². The molecule has 38 heavy (non-hydrogen) atoms. The molecular formula is C31H22ClN3O3. The van der Waals surface area contributed by atoms with Gasteiger partial charge in [0.1, 0.15) is 6.04 Å². The number of hydrogen-bond acceptors (Lipinski definition) is 4. The van der Waals surface area contributed by atoms with E-state index in [9.17, 15) is 14.4 Å². The Labute approximate surface area is 224 Å². The third kappa shape index (κ3) is 3.30. The average Bonchev–Trinajstić information content (AvgIpc) is 3.42. The standard InChI is InChI=1S/C31H22ClN3O3/c32-20-13-15-21(16-14-20)33-29(36)28-27-26(25-17-12-19-7-2-4-10-23(19)34(25)28)30(37)35(31(27)38)24-11-5-8-18-6-1-3-9-22(18)24/h1-17,25-28H,(H,33,36)/t25-,26+,27+,28-/m0/s1. The van der Waals surface area contributed by atoms with Crippen molar-refractivity contribution in [3.63, 3.8) is 0 Å². The van der Waals surface area contributed by atoms with E-state index in [1.807, 2.05) is 77.7 Å². The Hall–Kier alpha value is -4.42. The Morgan fingerprint density at radius 3 is 2.29 bits per heavy atom. The predicted molar refractivity (Wildman–Crippen MR) is 149 cm³/mol. The van der Waals surface area contributed by atoms with Gasteiger partial charge in [-0.25, -0.2) is 4.90 Å². The third-order valence-electron chi connectivity index (χ3n) is 7.80. The quantitative estimate of drug-likeness (QED) is 0.362. The van der Waals surface area contributed by atoms with Gasteiger partial charge in [0.25, 0.3) is 0 Å². The summed E-state index contributed by atoms with van der Waals surface area (Å²) in [5, 5.41) is 5.28. The van der Waals surface area contributed by atoms with Gasteiger partial charge >= 0.3 is 0 Å². The van der Waals surface area contributed by atoms with Gasteiger partial charge in [-0.2, -0.15) is 0 Å². The van der Waals surface area contributed by atoms with Gasteiger partial charge in [-0.3, -0.25) is 14.4 Å². The van der Waals surface area contributed by atoms with E-state index in [1.165, 1.54) is 4.90 Å². The number of rotatable bonds is 3. The Morgan fingerprint density at radius 2 is 1.45 bits per heavy atom. The molecule has 7 rings (SSSR count). The van der Waals surface area contributed by atoms with Crippen molar-refractivity contribution in [1.82, 2.24) is 0 Å². The molecule has 0 aromatic heterocycles. The van der Waals surface area contributed by atoms with E-state index in [2.05, 4.69) is 5.32 Å². The fourth-order valence-corrected chi connectivity index (χ4v) is 6.33. The maximum atomic E-state index is 14.2. The fraction of sp³-hybridized carbons (Fsp3) is 0.129. The number of amides is 3. The number of anilines is 3. The molecule has 2 saturated heterocycles. The SMILES string of the molecule is O=C(Nc1ccc(Cl)cc1)[C@@H]1[C@@H]2C(=O)N(c3cccc4ccccc34)C(=O)[C@@H]2[C@@H]2C=Cc3ccccc3N12. The van der Waals surface area contributed by atoms with Gasteiger partial charge in [-0.15, -0.1) is 0 Å². The number of hydrogen-bond donors (Lipinski definition) is 1. The van der Waals surface area contributed by atoms with E-state index in [1.54, 1.807) is 30.3 Å². The Bertz CT molecular complexity index is 1660. The van der Waals surface area contributed by atoms with Gasteiger partial charge < -0.3 is 10.2 Å². The lowest BCUT2D eigenvalue weighted by Crippen LogP contribution is -2.50. The van der Waals surface area contributed by atoms with Gasteiger partial charge in [0.2, 0.25) is 17.7 Å². The maximum Gasteiger partial charge on any atom is 0.247 e. The molecule has 186 valence electrons. The Balaban J connectivity index is 1.34. The van der Waals surface area contributed by atoms with Crippen LogP contribution in [0.3, 0.4) is 0 Å². The molecule has 6 nitrogen and oxygen atoms in total. The largest absolute Gasteiger partial charge is 0.351 e. The first-order valence-corrected chi connectivity index (χ1v) is 12.9. The van der Waals surface area contributed by atoms with E-state index < -0.39 is 23.9 Å². The van der Waals surface area contributed by atoms with E-state index >= 15 is 0 Å². The van der Waals surface area contributed by atoms with Crippen LogP contribution in [0.25, 0.3) is 16.8 Å². The lowest BCUT2D eigenvalue weighted by Gasteiger charge is -2.36. The number of fused-ring (bicyclic) bond motifs is 6. The lowest BCUT2D eigenvalue weighted by atomic mass is 9.88. The molecule has 3 aliphatic rings. The number of para-hydroxylation sites is 1. The molecule has 0 bridgehead atoms. The zero-order valence-electron chi connectivity index (χ0n) is 20.1. The zero-order valence-corrected chi connectivity index (χ0v) is 20.9. The van der Waals surface area contributed by atoms with Gasteiger partial charge in [0.05, 0.1) is 23.6 Å². The van der Waals surface area contributed by atoms with Crippen molar-refractivity contribution in [2.75, 3.05) is 15.1 Å². The van der Waals surface area contributed by atoms with Gasteiger partial charge in [0, 0.05) is 21.8 Å². The van der Waals surface area contributed by atoms with Crippen molar-refractivity contribution in [3.05, 3.63) is 108 Å². The highest BCUT2D eigenvalue weighted by molar-refractivity contribution is 6.30. The molecule has 3 aliphatic heterocycles. The summed E-state index contributed by atoms with van der Waals surface area (Å²) in [7, 11) is 0. The van der Waals surface area contributed by atoms with Crippen LogP contribution in [-0.4, -0.2) is 29.8 Å². The second-order valence-corrected chi connectivity index (χ2v) is 10.3. The molecule has 0 saturated carbocycles. The summed E-state index contributed by atoms with van der Waals surface area (Å²) in [4.78, 5) is 45.4. The molecule has 0 spiro atoms. The number of carbonyl (C=O) groups is 3. The molecular weight excluding hydrogens is 498 g/mol. The van der Waals surface area contributed by atoms with E-state index in [-0.39, 0.29) is 17.7 Å². The number of imide groups is 1. The van der Waals surface area contributed by atoms with Crippen LogP contribution in [0.1, 0.15) is 5.56 Å². The number of carbonyl (C=O) groups excluding carboxylic acids is 3. The van der Waals surface area contributed by atoms with Crippen LogP contribution in [-0.2, 0) is 14.4 Å². The van der Waals surface area contributed by atoms with Crippen molar-refractivity contribution in [1.29, 1.82) is 0 Å². The average molecular weight is 520 g/mol. The van der Waals surface area contributed by atoms with Crippen LogP contribution in [0.4, 0.5) is 17.1 Å². The summed E-state index contributed by atoms with van der Waals surface area (Å²) >= 11 is 6.03. The van der Waals surface area contributed by atoms with Gasteiger partial charge in [0.15, 0.2) is 0 Å². The molecule has 0 aliphatic carbocycles. The molecule has 3 amide bonds. The molecule has 7 heteroatoms. The van der Waals surface area contributed by atoms with Crippen molar-refractivity contribution < 1.29 is 14.4 Å². The molecule has 2 fully saturated rings. The van der Waals surface area contributed by atoms with E-state index in [0.717, 1.165) is 22.0 Å². The molecule has 0 unspecified atom stereocenters. The number of benzene rings is 4. The predicted octanol–water partition coefficient (Wildman–Crippen LogP) is 5.52. The second-order valence-electron chi connectivity index (χ2n) is 9.82. The minimum absolute atomic E-state index is 0.280. The highest BCUT2D eigenvalue weighted by atomic mass is 35.5. The summed E-state index contributed by atoms with van der Waals surface area (Å²) < 4.78 is 0. The smallest absolute Gasteiger partial charge is 0.247 e. The summed E-state index contributed by atoms with van der Waals surface area (Å²) in [5.74, 6) is -2.50. The Morgan fingerprint density at radius 1 is 0.763 bits per heavy atom. The molecule has 4 atom stereocenters. The van der Waals surface area contributed by atoms with E-state index in [4.69, 9.17) is 11.6 Å². The number of nitrogens with zero attached hydrogens (tertiary/aromatic N) is 2. The van der Waals surface area contributed by atoms with Crippen LogP contribution in [0.5, 0.6) is 0 Å². The first kappa shape index (κ1) is 22.8. The summed E-state index contributed by atoms with van der Waals surface area (Å²) in [6.07, 6.45) is 3.93. The molecule has 1 N–H and O–H groups in total. The normalized spacial score (nSPS) is 23.4. The maximum absolute atomic E-state index is 14.2. The van der Waals surface area contributed by atoms with Crippen LogP contribution in [0, 0.1) is 11.8 Å². The van der Waals surface area contributed by atoms with Crippen LogP contribution in [0.2, 0.25) is 5.02 Å². The molecule has 3 heterocycles. The summed E-state index contributed by atoms with van der Waals surface area (Å²) in [6, 6.07) is 26.6. The first-order chi connectivity index (χ1) is 18.5. The van der Waals surface area contributed by atoms with Gasteiger partial charge in [-0.05, 0) is 47.3 Å². The molecule has 0 radical (unpaired) electrons. The molecule has 4 aromatic rings. The summed E-state index contributed by atoms with van der Waals surface area (Å²) in [5.41, 5.74) is 2.90. The minimum Gasteiger partial charge on any atom is -0.351 e. The number of nitrogens with one attached hydrogen (secondary N) is 1. The third-order valence-corrected chi connectivity index (χ3v) is 8.05. The van der Waals surface area contributed by atoms with Crippen molar-refractivity contribution in [2.45, 2.75) is 12.1 Å². The topological polar surface area (TPSA) is 69.7 Å².